The Morgan fingerprint density at radius 3 is 2.25 bits per heavy atom. The van der Waals surface area contributed by atoms with Crippen LogP contribution in [0.15, 0.2) is 54.6 Å². The Morgan fingerprint density at radius 1 is 1.04 bits per heavy atom. The molecule has 10 heteroatoms. The maximum absolute atomic E-state index is 12.3. The third-order valence-electron chi connectivity index (χ3n) is 3.52. The van der Waals surface area contributed by atoms with E-state index in [4.69, 9.17) is 4.74 Å². The fraction of sp³-hybridized carbons (Fsp3) is 0.167. The zero-order chi connectivity index (χ0) is 20.5. The molecule has 0 saturated carbocycles. The summed E-state index contributed by atoms with van der Waals surface area (Å²) in [6.07, 6.45) is -0.769. The van der Waals surface area contributed by atoms with Gasteiger partial charge in [0.1, 0.15) is 11.8 Å². The number of nitrogens with zero attached hydrogens (tertiary/aromatic N) is 1. The molecule has 0 saturated heterocycles. The van der Waals surface area contributed by atoms with Crippen LogP contribution in [0, 0.1) is 10.1 Å². The molecule has 0 spiro atoms. The first-order chi connectivity index (χ1) is 13.3. The van der Waals surface area contributed by atoms with Crippen molar-refractivity contribution in [2.45, 2.75) is 19.4 Å². The number of carbonyl (C=O) groups excluding carboxylic acids is 3. The number of ether oxygens (including phenoxy) is 1. The maximum Gasteiger partial charge on any atom is 0.431 e. The van der Waals surface area contributed by atoms with Crippen LogP contribution in [0.2, 0.25) is 0 Å². The highest BCUT2D eigenvalue weighted by Gasteiger charge is 2.20. The van der Waals surface area contributed by atoms with Gasteiger partial charge in [0.15, 0.2) is 0 Å². The van der Waals surface area contributed by atoms with Crippen LogP contribution in [0.3, 0.4) is 0 Å². The van der Waals surface area contributed by atoms with Gasteiger partial charge in [-0.1, -0.05) is 30.3 Å². The van der Waals surface area contributed by atoms with E-state index in [9.17, 15) is 24.5 Å². The van der Waals surface area contributed by atoms with Gasteiger partial charge in [0, 0.05) is 25.5 Å². The summed E-state index contributed by atoms with van der Waals surface area (Å²) < 4.78 is 4.90. The van der Waals surface area contributed by atoms with Crippen LogP contribution in [-0.4, -0.2) is 28.9 Å². The zero-order valence-corrected chi connectivity index (χ0v) is 14.9. The molecule has 3 amide bonds. The van der Waals surface area contributed by atoms with Crippen LogP contribution >= 0.6 is 0 Å². The van der Waals surface area contributed by atoms with Crippen LogP contribution < -0.4 is 20.9 Å². The molecule has 0 aliphatic rings. The first kappa shape index (κ1) is 20.4. The highest BCUT2D eigenvalue weighted by Crippen LogP contribution is 2.17. The van der Waals surface area contributed by atoms with Crippen molar-refractivity contribution in [1.29, 1.82) is 0 Å². The summed E-state index contributed by atoms with van der Waals surface area (Å²) in [5.74, 6) is -0.982. The van der Waals surface area contributed by atoms with Gasteiger partial charge in [0.2, 0.25) is 5.91 Å². The van der Waals surface area contributed by atoms with Crippen LogP contribution in [0.25, 0.3) is 0 Å². The lowest BCUT2D eigenvalue weighted by Gasteiger charge is -2.18. The van der Waals surface area contributed by atoms with E-state index in [1.54, 1.807) is 24.3 Å². The molecule has 0 unspecified atom stereocenters. The van der Waals surface area contributed by atoms with Gasteiger partial charge in [0.05, 0.1) is 4.92 Å². The van der Waals surface area contributed by atoms with Crippen molar-refractivity contribution in [3.05, 3.63) is 70.3 Å². The van der Waals surface area contributed by atoms with Crippen LogP contribution in [-0.2, 0) is 16.0 Å². The Labute approximate surface area is 160 Å². The monoisotopic (exact) mass is 386 g/mol. The minimum atomic E-state index is -0.997. The second-order valence-corrected chi connectivity index (χ2v) is 5.70. The lowest BCUT2D eigenvalue weighted by molar-refractivity contribution is -0.384. The van der Waals surface area contributed by atoms with Crippen molar-refractivity contribution in [2.75, 3.05) is 0 Å². The van der Waals surface area contributed by atoms with Crippen LogP contribution in [0.1, 0.15) is 12.5 Å². The van der Waals surface area contributed by atoms with E-state index in [1.807, 2.05) is 6.07 Å². The second-order valence-electron chi connectivity index (χ2n) is 5.70. The lowest BCUT2D eigenvalue weighted by atomic mass is 10.1. The molecule has 2 aromatic rings. The zero-order valence-electron chi connectivity index (χ0n) is 14.9. The number of benzene rings is 2. The van der Waals surface area contributed by atoms with E-state index in [1.165, 1.54) is 31.2 Å². The number of rotatable bonds is 6. The third kappa shape index (κ3) is 6.41. The molecule has 0 aliphatic heterocycles. The van der Waals surface area contributed by atoms with Crippen LogP contribution in [0.5, 0.6) is 5.75 Å². The number of nitrogens with one attached hydrogen (secondary N) is 3. The summed E-state index contributed by atoms with van der Waals surface area (Å²) in [4.78, 5) is 45.4. The number of non-ortho nitro benzene ring substituents is 1. The summed E-state index contributed by atoms with van der Waals surface area (Å²) in [5.41, 5.74) is 4.90. The van der Waals surface area contributed by atoms with E-state index in [2.05, 4.69) is 16.2 Å². The van der Waals surface area contributed by atoms with Gasteiger partial charge < -0.3 is 10.1 Å². The van der Waals surface area contributed by atoms with Gasteiger partial charge in [-0.3, -0.25) is 25.1 Å². The topological polar surface area (TPSA) is 140 Å². The van der Waals surface area contributed by atoms with Crippen LogP contribution in [0.4, 0.5) is 10.5 Å². The maximum atomic E-state index is 12.3. The van der Waals surface area contributed by atoms with E-state index >= 15 is 0 Å². The molecule has 10 nitrogen and oxygen atoms in total. The van der Waals surface area contributed by atoms with Crippen molar-refractivity contribution in [2.24, 2.45) is 0 Å². The van der Waals surface area contributed by atoms with Gasteiger partial charge in [-0.05, 0) is 17.7 Å². The van der Waals surface area contributed by atoms with Crippen molar-refractivity contribution in [3.63, 3.8) is 0 Å². The molecule has 1 atom stereocenters. The highest BCUT2D eigenvalue weighted by molar-refractivity contribution is 5.88. The molecule has 28 heavy (non-hydrogen) atoms. The Kier molecular flexibility index (Phi) is 7.03. The Hall–Kier alpha value is -3.95. The molecular formula is C18H18N4O6. The average Bonchev–Trinajstić information content (AvgIpc) is 2.66. The quantitative estimate of drug-likeness (QED) is 0.507. The van der Waals surface area contributed by atoms with Gasteiger partial charge >= 0.3 is 6.09 Å². The third-order valence-corrected chi connectivity index (χ3v) is 3.52. The first-order valence-electron chi connectivity index (χ1n) is 8.18. The number of hydrazine groups is 1. The molecular weight excluding hydrogens is 368 g/mol. The highest BCUT2D eigenvalue weighted by atomic mass is 16.6. The number of carbonyl (C=O) groups is 3. The molecule has 2 rings (SSSR count). The van der Waals surface area contributed by atoms with Gasteiger partial charge in [-0.15, -0.1) is 0 Å². The summed E-state index contributed by atoms with van der Waals surface area (Å²) in [7, 11) is 0. The smallest absolute Gasteiger partial charge is 0.409 e. The van der Waals surface area contributed by atoms with Gasteiger partial charge in [-0.25, -0.2) is 10.2 Å². The summed E-state index contributed by atoms with van der Waals surface area (Å²) in [6.45, 7) is 1.28. The van der Waals surface area contributed by atoms with E-state index in [0.717, 1.165) is 5.56 Å². The molecule has 0 radical (unpaired) electrons. The fourth-order valence-corrected chi connectivity index (χ4v) is 2.27. The lowest BCUT2D eigenvalue weighted by Crippen LogP contribution is -2.53. The van der Waals surface area contributed by atoms with Crippen molar-refractivity contribution >= 4 is 23.6 Å². The second kappa shape index (κ2) is 9.67. The molecule has 2 aromatic carbocycles. The number of amides is 3. The molecule has 146 valence electrons. The summed E-state index contributed by atoms with van der Waals surface area (Å²) in [5, 5.41) is 13.1. The Bertz CT molecular complexity index is 854. The predicted molar refractivity (Wildman–Crippen MR) is 98.1 cm³/mol. The number of hydrogen-bond donors (Lipinski definition) is 3. The Morgan fingerprint density at radius 2 is 1.68 bits per heavy atom. The van der Waals surface area contributed by atoms with Gasteiger partial charge in [0.25, 0.3) is 11.6 Å². The van der Waals surface area contributed by atoms with Gasteiger partial charge in [-0.2, -0.15) is 0 Å². The van der Waals surface area contributed by atoms with E-state index in [0.29, 0.717) is 0 Å². The minimum Gasteiger partial charge on any atom is -0.409 e. The average molecular weight is 386 g/mol. The molecule has 0 bridgehead atoms. The van der Waals surface area contributed by atoms with Crippen molar-refractivity contribution < 1.29 is 24.0 Å². The van der Waals surface area contributed by atoms with Crippen molar-refractivity contribution in [1.82, 2.24) is 16.2 Å². The normalized spacial score (nSPS) is 11.0. The summed E-state index contributed by atoms with van der Waals surface area (Å²) >= 11 is 0. The SMILES string of the molecule is CC(=O)N[C@@H](Cc1ccccc1)C(=O)NNC(=O)Oc1ccc([N+](=O)[O-])cc1. The van der Waals surface area contributed by atoms with E-state index in [-0.39, 0.29) is 17.9 Å². The molecule has 0 aliphatic carbocycles. The predicted octanol–water partition coefficient (Wildman–Crippen LogP) is 1.46. The fourth-order valence-electron chi connectivity index (χ4n) is 2.27. The minimum absolute atomic E-state index is 0.0556. The molecule has 0 aromatic heterocycles. The first-order valence-corrected chi connectivity index (χ1v) is 8.18. The molecule has 3 N–H and O–H groups in total. The number of nitro benzene ring substituents is 1. The molecule has 0 heterocycles. The number of hydrogen-bond acceptors (Lipinski definition) is 6. The van der Waals surface area contributed by atoms with E-state index < -0.39 is 28.9 Å². The largest absolute Gasteiger partial charge is 0.431 e. The number of nitro groups is 1. The Balaban J connectivity index is 1.90. The van der Waals surface area contributed by atoms with Crippen molar-refractivity contribution in [3.8, 4) is 5.75 Å². The standard InChI is InChI=1S/C18H18N4O6/c1-12(23)19-16(11-13-5-3-2-4-6-13)17(24)20-21-18(25)28-15-9-7-14(8-10-15)22(26)27/h2-10,16H,11H2,1H3,(H,19,23)(H,20,24)(H,21,25)/t16-/m0/s1. The summed E-state index contributed by atoms with van der Waals surface area (Å²) in [6, 6.07) is 13.0. The molecule has 0 fully saturated rings.